The zero-order chi connectivity index (χ0) is 15.4. The molecule has 0 saturated carbocycles. The number of nitrogens with one attached hydrogen (secondary N) is 1. The van der Waals surface area contributed by atoms with Crippen LogP contribution < -0.4 is 11.1 Å². The predicted octanol–water partition coefficient (Wildman–Crippen LogP) is 2.64. The van der Waals surface area contributed by atoms with Gasteiger partial charge in [0.05, 0.1) is 5.69 Å². The van der Waals surface area contributed by atoms with E-state index in [4.69, 9.17) is 10.8 Å². The lowest BCUT2D eigenvalue weighted by atomic mass is 10.2. The molecule has 1 aromatic heterocycles. The van der Waals surface area contributed by atoms with Gasteiger partial charge in [-0.1, -0.05) is 24.7 Å². The Balaban J connectivity index is 2.21. The van der Waals surface area contributed by atoms with Gasteiger partial charge in [0, 0.05) is 11.3 Å². The van der Waals surface area contributed by atoms with Crippen LogP contribution >= 0.6 is 11.3 Å². The lowest BCUT2D eigenvalue weighted by Crippen LogP contribution is -2.10. The van der Waals surface area contributed by atoms with E-state index in [9.17, 15) is 9.59 Å². The minimum absolute atomic E-state index is 0.258. The van der Waals surface area contributed by atoms with Gasteiger partial charge in [0.2, 0.25) is 5.91 Å². The van der Waals surface area contributed by atoms with Crippen LogP contribution in [0.4, 0.5) is 10.8 Å². The van der Waals surface area contributed by atoms with Crippen molar-refractivity contribution < 1.29 is 14.7 Å². The fourth-order valence-electron chi connectivity index (χ4n) is 1.82. The summed E-state index contributed by atoms with van der Waals surface area (Å²) >= 11 is 1.10. The van der Waals surface area contributed by atoms with Gasteiger partial charge in [-0.3, -0.25) is 4.79 Å². The fraction of sp³-hybridized carbons (Fsp3) is 0.214. The van der Waals surface area contributed by atoms with Crippen molar-refractivity contribution in [1.82, 2.24) is 4.98 Å². The third-order valence-electron chi connectivity index (χ3n) is 2.80. The Morgan fingerprint density at radius 3 is 2.52 bits per heavy atom. The normalized spacial score (nSPS) is 10.3. The highest BCUT2D eigenvalue weighted by atomic mass is 32.1. The number of primary amides is 1. The third kappa shape index (κ3) is 3.57. The van der Waals surface area contributed by atoms with Gasteiger partial charge < -0.3 is 16.2 Å². The number of benzene rings is 1. The van der Waals surface area contributed by atoms with Gasteiger partial charge in [-0.15, -0.1) is 0 Å². The predicted molar refractivity (Wildman–Crippen MR) is 81.3 cm³/mol. The second kappa shape index (κ2) is 6.36. The lowest BCUT2D eigenvalue weighted by molar-refractivity contribution is 0.0700. The number of thiazole rings is 1. The zero-order valence-electron chi connectivity index (χ0n) is 11.4. The fourth-order valence-corrected chi connectivity index (χ4v) is 2.69. The first-order valence-corrected chi connectivity index (χ1v) is 7.22. The SMILES string of the molecule is CCCc1nc(Nc2ccc(C(N)=O)cc2)sc1C(=O)O. The van der Waals surface area contributed by atoms with Crippen molar-refractivity contribution in [1.29, 1.82) is 0 Å². The van der Waals surface area contributed by atoms with Crippen LogP contribution in [0.3, 0.4) is 0 Å². The zero-order valence-corrected chi connectivity index (χ0v) is 12.2. The standard InChI is InChI=1S/C14H15N3O3S/c1-2-3-10-11(13(19)20)21-14(17-10)16-9-6-4-8(5-7-9)12(15)18/h4-7H,2-3H2,1H3,(H2,15,18)(H,16,17)(H,19,20). The van der Waals surface area contributed by atoms with E-state index in [-0.39, 0.29) is 4.88 Å². The Kier molecular flexibility index (Phi) is 4.54. The van der Waals surface area contributed by atoms with Crippen LogP contribution in [0.1, 0.15) is 39.1 Å². The quantitative estimate of drug-likeness (QED) is 0.760. The molecule has 0 bridgehead atoms. The molecule has 1 heterocycles. The number of carboxylic acid groups (broad SMARTS) is 1. The van der Waals surface area contributed by atoms with Gasteiger partial charge >= 0.3 is 5.97 Å². The highest BCUT2D eigenvalue weighted by Crippen LogP contribution is 2.27. The number of aryl methyl sites for hydroxylation is 1. The van der Waals surface area contributed by atoms with Crippen molar-refractivity contribution in [2.75, 3.05) is 5.32 Å². The molecular formula is C14H15N3O3S. The summed E-state index contributed by atoms with van der Waals surface area (Å²) in [5.41, 5.74) is 6.89. The summed E-state index contributed by atoms with van der Waals surface area (Å²) in [6.45, 7) is 1.97. The van der Waals surface area contributed by atoms with E-state index < -0.39 is 11.9 Å². The number of carbonyl (C=O) groups excluding carboxylic acids is 1. The van der Waals surface area contributed by atoms with Crippen LogP contribution in [-0.2, 0) is 6.42 Å². The number of nitrogens with zero attached hydrogens (tertiary/aromatic N) is 1. The van der Waals surface area contributed by atoms with E-state index in [0.29, 0.717) is 28.5 Å². The molecule has 0 aliphatic carbocycles. The van der Waals surface area contributed by atoms with Crippen molar-refractivity contribution in [2.24, 2.45) is 5.73 Å². The molecule has 0 unspecified atom stereocenters. The number of aromatic nitrogens is 1. The molecule has 7 heteroatoms. The van der Waals surface area contributed by atoms with Crippen molar-refractivity contribution in [3.63, 3.8) is 0 Å². The number of anilines is 2. The number of hydrogen-bond acceptors (Lipinski definition) is 5. The highest BCUT2D eigenvalue weighted by molar-refractivity contribution is 7.17. The van der Waals surface area contributed by atoms with Gasteiger partial charge in [-0.25, -0.2) is 9.78 Å². The lowest BCUT2D eigenvalue weighted by Gasteiger charge is -2.02. The minimum atomic E-state index is -0.965. The average molecular weight is 305 g/mol. The Bertz CT molecular complexity index is 665. The second-order valence-corrected chi connectivity index (χ2v) is 5.42. The molecule has 2 aromatic rings. The molecule has 6 nitrogen and oxygen atoms in total. The second-order valence-electron chi connectivity index (χ2n) is 4.42. The van der Waals surface area contributed by atoms with Crippen molar-refractivity contribution >= 4 is 34.0 Å². The summed E-state index contributed by atoms with van der Waals surface area (Å²) in [6, 6.07) is 6.59. The number of amides is 1. The van der Waals surface area contributed by atoms with Crippen molar-refractivity contribution in [3.8, 4) is 0 Å². The molecule has 0 radical (unpaired) electrons. The number of carboxylic acids is 1. The van der Waals surface area contributed by atoms with Crippen molar-refractivity contribution in [3.05, 3.63) is 40.4 Å². The topological polar surface area (TPSA) is 105 Å². The third-order valence-corrected chi connectivity index (χ3v) is 3.80. The molecule has 4 N–H and O–H groups in total. The van der Waals surface area contributed by atoms with Gasteiger partial charge in [-0.2, -0.15) is 0 Å². The Labute approximate surface area is 125 Å². The smallest absolute Gasteiger partial charge is 0.347 e. The van der Waals surface area contributed by atoms with Gasteiger partial charge in [0.15, 0.2) is 5.13 Å². The van der Waals surface area contributed by atoms with Crippen LogP contribution in [0, 0.1) is 0 Å². The Hall–Kier alpha value is -2.41. The molecule has 0 spiro atoms. The summed E-state index contributed by atoms with van der Waals surface area (Å²) in [5, 5.41) is 12.7. The molecule has 21 heavy (non-hydrogen) atoms. The first-order chi connectivity index (χ1) is 10.0. The number of rotatable bonds is 6. The minimum Gasteiger partial charge on any atom is -0.477 e. The first kappa shape index (κ1) is 15.0. The maximum Gasteiger partial charge on any atom is 0.347 e. The van der Waals surface area contributed by atoms with Crippen LogP contribution in [0.5, 0.6) is 0 Å². The summed E-state index contributed by atoms with van der Waals surface area (Å²) in [6.07, 6.45) is 1.46. The van der Waals surface area contributed by atoms with Crippen LogP contribution in [0.15, 0.2) is 24.3 Å². The van der Waals surface area contributed by atoms with Gasteiger partial charge in [0.1, 0.15) is 4.88 Å². The van der Waals surface area contributed by atoms with Crippen LogP contribution in [0.2, 0.25) is 0 Å². The average Bonchev–Trinajstić information content (AvgIpc) is 2.83. The largest absolute Gasteiger partial charge is 0.477 e. The van der Waals surface area contributed by atoms with E-state index in [0.717, 1.165) is 17.8 Å². The molecule has 110 valence electrons. The maximum absolute atomic E-state index is 11.2. The van der Waals surface area contributed by atoms with Crippen LogP contribution in [-0.4, -0.2) is 22.0 Å². The van der Waals surface area contributed by atoms with E-state index in [1.54, 1.807) is 24.3 Å². The summed E-state index contributed by atoms with van der Waals surface area (Å²) in [5.74, 6) is -1.46. The Morgan fingerprint density at radius 1 is 1.33 bits per heavy atom. The summed E-state index contributed by atoms with van der Waals surface area (Å²) in [7, 11) is 0. The van der Waals surface area contributed by atoms with E-state index in [1.165, 1.54) is 0 Å². The Morgan fingerprint density at radius 2 is 2.00 bits per heavy atom. The first-order valence-electron chi connectivity index (χ1n) is 6.41. The number of aromatic carboxylic acids is 1. The summed E-state index contributed by atoms with van der Waals surface area (Å²) in [4.78, 5) is 26.7. The van der Waals surface area contributed by atoms with E-state index in [1.807, 2.05) is 6.92 Å². The molecule has 1 amide bonds. The molecule has 0 aliphatic heterocycles. The molecule has 2 rings (SSSR count). The monoisotopic (exact) mass is 305 g/mol. The maximum atomic E-state index is 11.2. The van der Waals surface area contributed by atoms with E-state index in [2.05, 4.69) is 10.3 Å². The molecule has 0 saturated heterocycles. The highest BCUT2D eigenvalue weighted by Gasteiger charge is 2.16. The number of nitrogens with two attached hydrogens (primary N) is 1. The van der Waals surface area contributed by atoms with Crippen LogP contribution in [0.25, 0.3) is 0 Å². The molecule has 1 aromatic carbocycles. The van der Waals surface area contributed by atoms with Gasteiger partial charge in [0.25, 0.3) is 0 Å². The molecule has 0 aliphatic rings. The number of hydrogen-bond donors (Lipinski definition) is 3. The molecule has 0 atom stereocenters. The number of carbonyl (C=O) groups is 2. The van der Waals surface area contributed by atoms with Gasteiger partial charge in [-0.05, 0) is 30.7 Å². The molecular weight excluding hydrogens is 290 g/mol. The summed E-state index contributed by atoms with van der Waals surface area (Å²) < 4.78 is 0. The van der Waals surface area contributed by atoms with Crippen molar-refractivity contribution in [2.45, 2.75) is 19.8 Å². The van der Waals surface area contributed by atoms with E-state index >= 15 is 0 Å². The molecule has 0 fully saturated rings.